The van der Waals surface area contributed by atoms with Crippen molar-refractivity contribution in [1.29, 1.82) is 0 Å². The average Bonchev–Trinajstić information content (AvgIpc) is 3.13. The standard InChI is InChI=1S/C23H23N3O4S/c1-5-18(22(28)30-4)26-21(27)15-7-6-14(10-16(15)24-23(26)29)11-19-20-13(3)8-12(2)9-17(20)25-31-19/h6-10,18H,5,11H2,1-4H3,(H,24,29)/t18-/m0/s1. The highest BCUT2D eigenvalue weighted by Crippen LogP contribution is 2.29. The molecule has 8 heteroatoms. The maximum atomic E-state index is 13.0. The van der Waals surface area contributed by atoms with E-state index in [-0.39, 0.29) is 6.42 Å². The van der Waals surface area contributed by atoms with Crippen molar-refractivity contribution in [3.8, 4) is 0 Å². The van der Waals surface area contributed by atoms with Crippen molar-refractivity contribution in [1.82, 2.24) is 13.9 Å². The number of benzene rings is 2. The lowest BCUT2D eigenvalue weighted by Crippen LogP contribution is -2.41. The molecule has 2 heterocycles. The van der Waals surface area contributed by atoms with Crippen molar-refractivity contribution in [2.75, 3.05) is 7.11 Å². The molecule has 0 unspecified atom stereocenters. The number of hydrogen-bond acceptors (Lipinski definition) is 6. The molecule has 0 aliphatic rings. The summed E-state index contributed by atoms with van der Waals surface area (Å²) >= 11 is 1.47. The number of fused-ring (bicyclic) bond motifs is 2. The van der Waals surface area contributed by atoms with Crippen LogP contribution in [-0.4, -0.2) is 27.0 Å². The monoisotopic (exact) mass is 437 g/mol. The minimum Gasteiger partial charge on any atom is -0.467 e. The van der Waals surface area contributed by atoms with Crippen LogP contribution in [-0.2, 0) is 16.0 Å². The molecule has 1 atom stereocenters. The van der Waals surface area contributed by atoms with Gasteiger partial charge in [0.1, 0.15) is 6.04 Å². The molecule has 2 aromatic heterocycles. The first-order valence-electron chi connectivity index (χ1n) is 10.0. The van der Waals surface area contributed by atoms with E-state index in [1.165, 1.54) is 29.8 Å². The molecule has 160 valence electrons. The van der Waals surface area contributed by atoms with Gasteiger partial charge in [0.25, 0.3) is 5.56 Å². The molecule has 0 spiro atoms. The van der Waals surface area contributed by atoms with Gasteiger partial charge < -0.3 is 9.72 Å². The number of aromatic amines is 1. The van der Waals surface area contributed by atoms with Gasteiger partial charge in [-0.2, -0.15) is 4.37 Å². The van der Waals surface area contributed by atoms with Crippen LogP contribution >= 0.6 is 11.5 Å². The van der Waals surface area contributed by atoms with E-state index in [1.54, 1.807) is 13.0 Å². The number of H-pyrrole nitrogens is 1. The first-order valence-corrected chi connectivity index (χ1v) is 10.8. The van der Waals surface area contributed by atoms with Crippen LogP contribution in [0.4, 0.5) is 0 Å². The fourth-order valence-electron chi connectivity index (χ4n) is 4.10. The predicted octanol–water partition coefficient (Wildman–Crippen LogP) is 3.63. The molecule has 7 nitrogen and oxygen atoms in total. The quantitative estimate of drug-likeness (QED) is 0.481. The largest absolute Gasteiger partial charge is 0.467 e. The van der Waals surface area contributed by atoms with Gasteiger partial charge in [-0.15, -0.1) is 0 Å². The lowest BCUT2D eigenvalue weighted by atomic mass is 10.0. The molecular formula is C23H23N3O4S. The Morgan fingerprint density at radius 3 is 2.71 bits per heavy atom. The van der Waals surface area contributed by atoms with Crippen LogP contribution in [0.25, 0.3) is 21.8 Å². The molecule has 0 radical (unpaired) electrons. The number of rotatable bonds is 5. The van der Waals surface area contributed by atoms with Crippen LogP contribution in [0.15, 0.2) is 39.9 Å². The summed E-state index contributed by atoms with van der Waals surface area (Å²) in [6, 6.07) is 8.65. The summed E-state index contributed by atoms with van der Waals surface area (Å²) in [5.74, 6) is -0.617. The Morgan fingerprint density at radius 1 is 1.23 bits per heavy atom. The Balaban J connectivity index is 1.78. The molecule has 0 bridgehead atoms. The summed E-state index contributed by atoms with van der Waals surface area (Å²) in [5, 5.41) is 1.51. The number of nitrogens with one attached hydrogen (secondary N) is 1. The number of carbonyl (C=O) groups excluding carboxylic acids is 1. The molecule has 2 aromatic carbocycles. The van der Waals surface area contributed by atoms with E-state index in [9.17, 15) is 14.4 Å². The smallest absolute Gasteiger partial charge is 0.329 e. The highest BCUT2D eigenvalue weighted by Gasteiger charge is 2.24. The van der Waals surface area contributed by atoms with Crippen molar-refractivity contribution in [3.63, 3.8) is 0 Å². The molecule has 0 aliphatic heterocycles. The van der Waals surface area contributed by atoms with Gasteiger partial charge in [0.15, 0.2) is 0 Å². The first kappa shape index (κ1) is 21.0. The van der Waals surface area contributed by atoms with Crippen molar-refractivity contribution in [3.05, 3.63) is 72.7 Å². The van der Waals surface area contributed by atoms with Gasteiger partial charge in [0, 0.05) is 16.7 Å². The topological polar surface area (TPSA) is 94.1 Å². The molecule has 1 N–H and O–H groups in total. The summed E-state index contributed by atoms with van der Waals surface area (Å²) in [6.07, 6.45) is 0.919. The molecule has 0 saturated heterocycles. The minimum atomic E-state index is -0.958. The first-order chi connectivity index (χ1) is 14.8. The average molecular weight is 438 g/mol. The normalized spacial score (nSPS) is 12.4. The SMILES string of the molecule is CC[C@@H](C(=O)OC)n1c(=O)[nH]c2cc(Cc3snc4cc(C)cc(C)c34)ccc2c1=O. The van der Waals surface area contributed by atoms with Crippen LogP contribution < -0.4 is 11.2 Å². The van der Waals surface area contributed by atoms with Crippen LogP contribution in [0, 0.1) is 13.8 Å². The van der Waals surface area contributed by atoms with Gasteiger partial charge >= 0.3 is 11.7 Å². The Bertz CT molecular complexity index is 1430. The maximum Gasteiger partial charge on any atom is 0.329 e. The van der Waals surface area contributed by atoms with Gasteiger partial charge in [0.05, 0.1) is 23.5 Å². The molecular weight excluding hydrogens is 414 g/mol. The summed E-state index contributed by atoms with van der Waals surface area (Å²) in [4.78, 5) is 41.5. The number of aryl methyl sites for hydroxylation is 2. The third-order valence-electron chi connectivity index (χ3n) is 5.52. The second-order valence-corrected chi connectivity index (χ2v) is 8.55. The Morgan fingerprint density at radius 2 is 2.00 bits per heavy atom. The maximum absolute atomic E-state index is 13.0. The van der Waals surface area contributed by atoms with E-state index in [1.807, 2.05) is 12.1 Å². The highest BCUT2D eigenvalue weighted by molar-refractivity contribution is 7.07. The summed E-state index contributed by atoms with van der Waals surface area (Å²) in [6.45, 7) is 5.86. The van der Waals surface area contributed by atoms with Gasteiger partial charge in [0.2, 0.25) is 0 Å². The van der Waals surface area contributed by atoms with Crippen LogP contribution in [0.2, 0.25) is 0 Å². The van der Waals surface area contributed by atoms with Crippen LogP contribution in [0.3, 0.4) is 0 Å². The summed E-state index contributed by atoms with van der Waals surface area (Å²) < 4.78 is 10.3. The molecule has 31 heavy (non-hydrogen) atoms. The molecule has 0 amide bonds. The van der Waals surface area contributed by atoms with Crippen molar-refractivity contribution in [2.24, 2.45) is 0 Å². The van der Waals surface area contributed by atoms with E-state index in [4.69, 9.17) is 4.74 Å². The number of ether oxygens (including phenoxy) is 1. The molecule has 0 saturated carbocycles. The highest BCUT2D eigenvalue weighted by atomic mass is 32.1. The van der Waals surface area contributed by atoms with Gasteiger partial charge in [-0.25, -0.2) is 14.2 Å². The number of methoxy groups -OCH3 is 1. The number of nitrogens with zero attached hydrogens (tertiary/aromatic N) is 2. The summed E-state index contributed by atoms with van der Waals surface area (Å²) in [7, 11) is 1.24. The molecule has 4 rings (SSSR count). The minimum absolute atomic E-state index is 0.274. The van der Waals surface area contributed by atoms with Crippen LogP contribution in [0.1, 0.15) is 41.0 Å². The fourth-order valence-corrected chi connectivity index (χ4v) is 5.04. The van der Waals surface area contributed by atoms with E-state index in [0.717, 1.165) is 25.9 Å². The third kappa shape index (κ3) is 3.67. The molecule has 0 aliphatic carbocycles. The second kappa shape index (κ2) is 8.11. The van der Waals surface area contributed by atoms with Gasteiger partial charge in [-0.3, -0.25) is 4.79 Å². The van der Waals surface area contributed by atoms with E-state index < -0.39 is 23.3 Å². The fraction of sp³-hybridized carbons (Fsp3) is 0.304. The van der Waals surface area contributed by atoms with Gasteiger partial charge in [-0.05, 0) is 66.7 Å². The second-order valence-electron chi connectivity index (χ2n) is 7.69. The van der Waals surface area contributed by atoms with E-state index >= 15 is 0 Å². The zero-order valence-electron chi connectivity index (χ0n) is 17.8. The lowest BCUT2D eigenvalue weighted by Gasteiger charge is -2.15. The van der Waals surface area contributed by atoms with Crippen LogP contribution in [0.5, 0.6) is 0 Å². The number of esters is 1. The number of hydrogen-bond donors (Lipinski definition) is 1. The Labute approximate surface area is 182 Å². The van der Waals surface area contributed by atoms with Gasteiger partial charge in [-0.1, -0.05) is 19.1 Å². The zero-order valence-corrected chi connectivity index (χ0v) is 18.6. The Kier molecular flexibility index (Phi) is 5.49. The third-order valence-corrected chi connectivity index (χ3v) is 6.38. The lowest BCUT2D eigenvalue weighted by molar-refractivity contribution is -0.144. The number of aromatic nitrogens is 3. The summed E-state index contributed by atoms with van der Waals surface area (Å²) in [5.41, 5.74) is 3.64. The Hall–Kier alpha value is -3.26. The van der Waals surface area contributed by atoms with Crippen molar-refractivity contribution < 1.29 is 9.53 Å². The molecule has 0 fully saturated rings. The van der Waals surface area contributed by atoms with Crippen molar-refractivity contribution in [2.45, 2.75) is 39.7 Å². The molecule has 4 aromatic rings. The van der Waals surface area contributed by atoms with Crippen molar-refractivity contribution >= 4 is 39.3 Å². The van der Waals surface area contributed by atoms with E-state index in [0.29, 0.717) is 17.3 Å². The number of carbonyl (C=O) groups is 1. The van der Waals surface area contributed by atoms with E-state index in [2.05, 4.69) is 35.3 Å². The predicted molar refractivity (Wildman–Crippen MR) is 122 cm³/mol. The zero-order chi connectivity index (χ0) is 22.3.